The van der Waals surface area contributed by atoms with Gasteiger partial charge in [-0.25, -0.2) is 4.79 Å². The second-order valence-corrected chi connectivity index (χ2v) is 6.84. The number of aliphatic hydroxyl groups excluding tert-OH is 1. The first-order valence-corrected chi connectivity index (χ1v) is 7.17. The van der Waals surface area contributed by atoms with E-state index in [4.69, 9.17) is 9.47 Å². The van der Waals surface area contributed by atoms with Crippen molar-refractivity contribution in [2.75, 3.05) is 6.61 Å². The molecule has 0 aromatic carbocycles. The van der Waals surface area contributed by atoms with Crippen molar-refractivity contribution in [3.05, 3.63) is 12.2 Å². The number of aliphatic hydroxyl groups is 1. The lowest BCUT2D eigenvalue weighted by Crippen LogP contribution is -2.50. The number of fused-ring (bicyclic) bond motifs is 3. The summed E-state index contributed by atoms with van der Waals surface area (Å²) < 4.78 is 10.8. The molecule has 1 N–H and O–H groups in total. The first-order valence-electron chi connectivity index (χ1n) is 7.17. The molecule has 0 aromatic heterocycles. The van der Waals surface area contributed by atoms with Gasteiger partial charge in [0.15, 0.2) is 11.4 Å². The predicted octanol–water partition coefficient (Wildman–Crippen LogP) is 0.459. The molecule has 20 heavy (non-hydrogen) atoms. The zero-order valence-electron chi connectivity index (χ0n) is 11.5. The maximum atomic E-state index is 12.3. The molecule has 7 unspecified atom stereocenters. The molecule has 2 heterocycles. The van der Waals surface area contributed by atoms with Gasteiger partial charge >= 0.3 is 5.97 Å². The molecule has 1 spiro atoms. The Balaban J connectivity index is 1.82. The summed E-state index contributed by atoms with van der Waals surface area (Å²) in [5, 5.41) is 10.9. The molecule has 3 fully saturated rings. The molecule has 108 valence electrons. The zero-order valence-corrected chi connectivity index (χ0v) is 11.5. The van der Waals surface area contributed by atoms with Crippen molar-refractivity contribution in [3.8, 4) is 0 Å². The van der Waals surface area contributed by atoms with Crippen LogP contribution in [0.5, 0.6) is 0 Å². The smallest absolute Gasteiger partial charge is 0.341 e. The largest absolute Gasteiger partial charge is 0.460 e. The van der Waals surface area contributed by atoms with Crippen molar-refractivity contribution >= 4 is 11.8 Å². The first kappa shape index (κ1) is 12.5. The molecular weight excluding hydrogens is 260 g/mol. The number of esters is 1. The van der Waals surface area contributed by atoms with E-state index in [1.807, 2.05) is 19.9 Å². The first-order chi connectivity index (χ1) is 9.41. The van der Waals surface area contributed by atoms with Crippen molar-refractivity contribution in [2.24, 2.45) is 23.2 Å². The van der Waals surface area contributed by atoms with Gasteiger partial charge in [0.2, 0.25) is 0 Å². The summed E-state index contributed by atoms with van der Waals surface area (Å²) in [6, 6.07) is 0. The van der Waals surface area contributed by atoms with Gasteiger partial charge in [-0.3, -0.25) is 4.79 Å². The average molecular weight is 278 g/mol. The summed E-state index contributed by atoms with van der Waals surface area (Å²) in [4.78, 5) is 24.3. The van der Waals surface area contributed by atoms with E-state index < -0.39 is 23.0 Å². The Hall–Kier alpha value is -1.20. The number of carbonyl (C=O) groups excluding carboxylic acids is 2. The Bertz CT molecular complexity index is 534. The van der Waals surface area contributed by atoms with Crippen LogP contribution < -0.4 is 0 Å². The fraction of sp³-hybridized carbons (Fsp3) is 0.733. The number of carbonyl (C=O) groups is 2. The normalized spacial score (nSPS) is 56.5. The minimum atomic E-state index is -0.995. The van der Waals surface area contributed by atoms with Gasteiger partial charge in [0.05, 0.1) is 24.0 Å². The van der Waals surface area contributed by atoms with Crippen LogP contribution in [0.4, 0.5) is 0 Å². The highest BCUT2D eigenvalue weighted by Gasteiger charge is 2.73. The maximum absolute atomic E-state index is 12.3. The Kier molecular flexibility index (Phi) is 2.20. The third-order valence-corrected chi connectivity index (χ3v) is 5.85. The molecule has 5 heteroatoms. The molecule has 4 aliphatic rings. The van der Waals surface area contributed by atoms with E-state index in [2.05, 4.69) is 0 Å². The maximum Gasteiger partial charge on any atom is 0.341 e. The summed E-state index contributed by atoms with van der Waals surface area (Å²) in [7, 11) is 0. The number of hydrogen-bond acceptors (Lipinski definition) is 5. The van der Waals surface area contributed by atoms with Gasteiger partial charge in [-0.2, -0.15) is 0 Å². The van der Waals surface area contributed by atoms with Gasteiger partial charge in [-0.05, 0) is 31.3 Å². The fourth-order valence-electron chi connectivity index (χ4n) is 4.53. The lowest BCUT2D eigenvalue weighted by molar-refractivity contribution is -0.146. The Labute approximate surface area is 116 Å². The van der Waals surface area contributed by atoms with Crippen LogP contribution >= 0.6 is 0 Å². The third-order valence-electron chi connectivity index (χ3n) is 5.85. The summed E-state index contributed by atoms with van der Waals surface area (Å²) in [6.07, 6.45) is 2.87. The summed E-state index contributed by atoms with van der Waals surface area (Å²) >= 11 is 0. The quantitative estimate of drug-likeness (QED) is 0.514. The van der Waals surface area contributed by atoms with Crippen LogP contribution in [-0.4, -0.2) is 41.3 Å². The van der Waals surface area contributed by atoms with Gasteiger partial charge < -0.3 is 14.6 Å². The van der Waals surface area contributed by atoms with E-state index in [1.165, 1.54) is 0 Å². The van der Waals surface area contributed by atoms with Crippen LogP contribution in [0.3, 0.4) is 0 Å². The molecule has 1 saturated carbocycles. The standard InChI is InChI=1S/C15H18O5/c1-7-5-9-11(15(6-19-15)13(18)20-9)12(17)14(2)8(7)3-4-10(14)16/h3-4,7-9,11-12,17H,5-6H2,1-2H3. The van der Waals surface area contributed by atoms with Crippen molar-refractivity contribution < 1.29 is 24.2 Å². The monoisotopic (exact) mass is 278 g/mol. The Morgan fingerprint density at radius 2 is 2.10 bits per heavy atom. The highest BCUT2D eigenvalue weighted by Crippen LogP contribution is 2.57. The van der Waals surface area contributed by atoms with E-state index in [0.29, 0.717) is 13.0 Å². The topological polar surface area (TPSA) is 76.1 Å². The lowest BCUT2D eigenvalue weighted by Gasteiger charge is -2.37. The molecule has 5 nitrogen and oxygen atoms in total. The number of rotatable bonds is 0. The van der Waals surface area contributed by atoms with Crippen LogP contribution in [0.25, 0.3) is 0 Å². The third kappa shape index (κ3) is 1.21. The predicted molar refractivity (Wildman–Crippen MR) is 67.6 cm³/mol. The number of ether oxygens (including phenoxy) is 2. The second-order valence-electron chi connectivity index (χ2n) is 6.84. The van der Waals surface area contributed by atoms with Crippen LogP contribution in [0.1, 0.15) is 20.3 Å². The zero-order chi connectivity index (χ0) is 14.3. The fourth-order valence-corrected chi connectivity index (χ4v) is 4.53. The molecular formula is C15H18O5. The minimum Gasteiger partial charge on any atom is -0.460 e. The van der Waals surface area contributed by atoms with Crippen molar-refractivity contribution in [3.63, 3.8) is 0 Å². The minimum absolute atomic E-state index is 0.00916. The van der Waals surface area contributed by atoms with E-state index in [9.17, 15) is 14.7 Å². The molecule has 2 aliphatic heterocycles. The number of hydrogen-bond donors (Lipinski definition) is 1. The van der Waals surface area contributed by atoms with Gasteiger partial charge in [0, 0.05) is 0 Å². The molecule has 2 saturated heterocycles. The Morgan fingerprint density at radius 1 is 1.40 bits per heavy atom. The Morgan fingerprint density at radius 3 is 2.75 bits per heavy atom. The van der Waals surface area contributed by atoms with Crippen molar-refractivity contribution in [2.45, 2.75) is 38.1 Å². The molecule has 0 aromatic rings. The van der Waals surface area contributed by atoms with Crippen molar-refractivity contribution in [1.29, 1.82) is 0 Å². The molecule has 2 aliphatic carbocycles. The summed E-state index contributed by atoms with van der Waals surface area (Å²) in [6.45, 7) is 4.15. The summed E-state index contributed by atoms with van der Waals surface area (Å²) in [5.74, 6) is -0.702. The molecule has 4 rings (SSSR count). The molecule has 0 radical (unpaired) electrons. The molecule has 0 amide bonds. The highest BCUT2D eigenvalue weighted by atomic mass is 16.7. The second kappa shape index (κ2) is 3.52. The van der Waals surface area contributed by atoms with Gasteiger partial charge in [0.25, 0.3) is 0 Å². The van der Waals surface area contributed by atoms with Crippen LogP contribution in [0.15, 0.2) is 12.2 Å². The van der Waals surface area contributed by atoms with Gasteiger partial charge in [-0.1, -0.05) is 13.0 Å². The molecule has 7 atom stereocenters. The van der Waals surface area contributed by atoms with E-state index in [1.54, 1.807) is 6.08 Å². The SMILES string of the molecule is CC1CC2OC(=O)C3(CO3)C2C(O)C2(C)C(=O)C=CC12. The van der Waals surface area contributed by atoms with Crippen LogP contribution in [0.2, 0.25) is 0 Å². The number of allylic oxidation sites excluding steroid dienone is 2. The van der Waals surface area contributed by atoms with Gasteiger partial charge in [0.1, 0.15) is 6.10 Å². The van der Waals surface area contributed by atoms with E-state index in [-0.39, 0.29) is 29.7 Å². The van der Waals surface area contributed by atoms with E-state index >= 15 is 0 Å². The highest BCUT2D eigenvalue weighted by molar-refractivity contribution is 5.98. The number of ketones is 1. The van der Waals surface area contributed by atoms with Crippen molar-refractivity contribution in [1.82, 2.24) is 0 Å². The van der Waals surface area contributed by atoms with E-state index in [0.717, 1.165) is 0 Å². The lowest BCUT2D eigenvalue weighted by atomic mass is 9.66. The average Bonchev–Trinajstić information content (AvgIpc) is 3.07. The summed E-state index contributed by atoms with van der Waals surface area (Å²) in [5.41, 5.74) is -1.86. The van der Waals surface area contributed by atoms with Gasteiger partial charge in [-0.15, -0.1) is 0 Å². The number of epoxide rings is 1. The van der Waals surface area contributed by atoms with Crippen LogP contribution in [-0.2, 0) is 19.1 Å². The molecule has 0 bridgehead atoms. The van der Waals surface area contributed by atoms with Crippen LogP contribution in [0, 0.1) is 23.2 Å².